The molecule has 0 aliphatic carbocycles. The third-order valence-electron chi connectivity index (χ3n) is 4.03. The van der Waals surface area contributed by atoms with Gasteiger partial charge in [-0.1, -0.05) is 18.2 Å². The molecule has 1 fully saturated rings. The maximum Gasteiger partial charge on any atom is 0.256 e. The lowest BCUT2D eigenvalue weighted by Crippen LogP contribution is -2.57. The number of aliphatic hydroxyl groups excluding tert-OH is 1. The number of aliphatic hydroxyl groups is 1. The maximum atomic E-state index is 12.5. The predicted molar refractivity (Wildman–Crippen MR) is 80.2 cm³/mol. The highest BCUT2D eigenvalue weighted by atomic mass is 32.2. The third-order valence-corrected chi connectivity index (χ3v) is 5.33. The number of carbonyl (C=O) groups excluding carboxylic acids is 3. The molecule has 122 valence electrons. The molecule has 2 aliphatic heterocycles. The van der Waals surface area contributed by atoms with Crippen molar-refractivity contribution in [2.24, 2.45) is 0 Å². The first-order valence-corrected chi connectivity index (χ1v) is 8.19. The summed E-state index contributed by atoms with van der Waals surface area (Å²) in [4.78, 5) is 37.3. The minimum absolute atomic E-state index is 0.234. The minimum atomic E-state index is -1.56. The largest absolute Gasteiger partial charge is 0.548 e. The molecular weight excluding hydrogens is 320 g/mol. The van der Waals surface area contributed by atoms with Crippen molar-refractivity contribution < 1.29 is 24.6 Å². The molecule has 7 nitrogen and oxygen atoms in total. The Kier molecular flexibility index (Phi) is 4.03. The Labute approximate surface area is 136 Å². The summed E-state index contributed by atoms with van der Waals surface area (Å²) in [5.41, 5.74) is 1.43. The van der Waals surface area contributed by atoms with E-state index in [1.807, 2.05) is 12.1 Å². The van der Waals surface area contributed by atoms with Crippen LogP contribution in [-0.4, -0.2) is 51.7 Å². The van der Waals surface area contributed by atoms with Crippen LogP contribution in [0.25, 0.3) is 0 Å². The Bertz CT molecular complexity index is 678. The molecule has 0 spiro atoms. The molecule has 1 aromatic carbocycles. The zero-order valence-corrected chi connectivity index (χ0v) is 13.1. The summed E-state index contributed by atoms with van der Waals surface area (Å²) in [5.74, 6) is -2.03. The highest BCUT2D eigenvalue weighted by molar-refractivity contribution is 7.99. The maximum absolute atomic E-state index is 12.5. The number of fused-ring (bicyclic) bond motifs is 3. The van der Waals surface area contributed by atoms with Gasteiger partial charge in [-0.15, -0.1) is 11.8 Å². The van der Waals surface area contributed by atoms with Crippen LogP contribution in [-0.2, 0) is 9.59 Å². The first-order valence-electron chi connectivity index (χ1n) is 7.14. The number of benzene rings is 1. The second-order valence-corrected chi connectivity index (χ2v) is 6.66. The standard InChI is InChI=1S/C15H16N2O5S/c1-7(18)11(15(21)22)16-12(19)10-6-23-14-9-5-3-2-4-8(9)13(20)17(10)14/h2-5,7,10-11,14,18H,6H2,1H3,(H,16,19)(H,21,22)/p-1/t7-,10-,11-,14+/m0/s1. The lowest BCUT2D eigenvalue weighted by molar-refractivity contribution is -0.310. The Morgan fingerprint density at radius 2 is 2.13 bits per heavy atom. The van der Waals surface area contributed by atoms with Gasteiger partial charge in [-0.2, -0.15) is 0 Å². The van der Waals surface area contributed by atoms with E-state index in [2.05, 4.69) is 5.32 Å². The number of carboxylic acid groups (broad SMARTS) is 1. The second kappa shape index (κ2) is 5.86. The van der Waals surface area contributed by atoms with Gasteiger partial charge >= 0.3 is 0 Å². The van der Waals surface area contributed by atoms with Crippen molar-refractivity contribution in [1.82, 2.24) is 10.2 Å². The number of nitrogens with one attached hydrogen (secondary N) is 1. The summed E-state index contributed by atoms with van der Waals surface area (Å²) >= 11 is 1.46. The number of thioether (sulfide) groups is 1. The smallest absolute Gasteiger partial charge is 0.256 e. The van der Waals surface area contributed by atoms with E-state index in [4.69, 9.17) is 0 Å². The van der Waals surface area contributed by atoms with Crippen molar-refractivity contribution >= 4 is 29.5 Å². The monoisotopic (exact) mass is 335 g/mol. The Morgan fingerprint density at radius 3 is 2.78 bits per heavy atom. The van der Waals surface area contributed by atoms with Crippen molar-refractivity contribution in [1.29, 1.82) is 0 Å². The van der Waals surface area contributed by atoms with Crippen LogP contribution in [0.2, 0.25) is 0 Å². The summed E-state index contributed by atoms with van der Waals surface area (Å²) < 4.78 is 0. The fourth-order valence-electron chi connectivity index (χ4n) is 2.87. The molecule has 8 heteroatoms. The molecule has 2 amide bonds. The second-order valence-electron chi connectivity index (χ2n) is 5.55. The molecule has 0 unspecified atom stereocenters. The van der Waals surface area contributed by atoms with Crippen molar-refractivity contribution in [2.45, 2.75) is 30.5 Å². The van der Waals surface area contributed by atoms with Crippen LogP contribution in [0.5, 0.6) is 0 Å². The first-order chi connectivity index (χ1) is 10.9. The van der Waals surface area contributed by atoms with Crippen molar-refractivity contribution in [3.05, 3.63) is 35.4 Å². The van der Waals surface area contributed by atoms with Crippen LogP contribution in [0.1, 0.15) is 28.2 Å². The van der Waals surface area contributed by atoms with Gasteiger partial charge in [0.25, 0.3) is 5.91 Å². The fraction of sp³-hybridized carbons (Fsp3) is 0.400. The van der Waals surface area contributed by atoms with Crippen LogP contribution in [0.15, 0.2) is 24.3 Å². The van der Waals surface area contributed by atoms with E-state index in [0.29, 0.717) is 11.3 Å². The van der Waals surface area contributed by atoms with Gasteiger partial charge in [0.15, 0.2) is 0 Å². The quantitative estimate of drug-likeness (QED) is 0.721. The van der Waals surface area contributed by atoms with E-state index in [9.17, 15) is 24.6 Å². The lowest BCUT2D eigenvalue weighted by Gasteiger charge is -2.27. The SMILES string of the molecule is C[C@H](O)[C@H](NC(=O)[C@@H]1CS[C@@H]2c3ccccc3C(=O)N21)C(=O)[O-]. The number of amides is 2. The molecule has 1 aromatic rings. The summed E-state index contributed by atoms with van der Waals surface area (Å²) in [5, 5.41) is 22.5. The van der Waals surface area contributed by atoms with Gasteiger partial charge < -0.3 is 25.2 Å². The van der Waals surface area contributed by atoms with Crippen LogP contribution >= 0.6 is 11.8 Å². The van der Waals surface area contributed by atoms with E-state index < -0.39 is 30.1 Å². The highest BCUT2D eigenvalue weighted by Gasteiger charge is 2.48. The first kappa shape index (κ1) is 15.8. The van der Waals surface area contributed by atoms with Gasteiger partial charge in [-0.05, 0) is 18.6 Å². The topological polar surface area (TPSA) is 110 Å². The lowest BCUT2D eigenvalue weighted by atomic mass is 10.1. The Hall–Kier alpha value is -2.06. The van der Waals surface area contributed by atoms with E-state index >= 15 is 0 Å². The average molecular weight is 335 g/mol. The van der Waals surface area contributed by atoms with Gasteiger partial charge in [0, 0.05) is 11.3 Å². The van der Waals surface area contributed by atoms with Gasteiger partial charge in [-0.3, -0.25) is 9.59 Å². The summed E-state index contributed by atoms with van der Waals surface area (Å²) in [6.45, 7) is 1.25. The van der Waals surface area contributed by atoms with Gasteiger partial charge in [0.2, 0.25) is 5.91 Å². The third kappa shape index (κ3) is 2.57. The number of hydrogen-bond acceptors (Lipinski definition) is 6. The number of hydrogen-bond donors (Lipinski definition) is 2. The summed E-state index contributed by atoms with van der Waals surface area (Å²) in [6, 6.07) is 4.88. The number of carboxylic acids is 1. The molecule has 0 bridgehead atoms. The van der Waals surface area contributed by atoms with Crippen molar-refractivity contribution in [3.63, 3.8) is 0 Å². The molecular formula is C15H15N2O5S-. The molecule has 23 heavy (non-hydrogen) atoms. The van der Waals surface area contributed by atoms with Crippen molar-refractivity contribution in [3.8, 4) is 0 Å². The molecule has 2 heterocycles. The Balaban J connectivity index is 1.80. The van der Waals surface area contributed by atoms with Crippen LogP contribution in [0, 0.1) is 0 Å². The van der Waals surface area contributed by atoms with E-state index in [1.165, 1.54) is 23.6 Å². The average Bonchev–Trinajstić information content (AvgIpc) is 3.05. The molecule has 0 aromatic heterocycles. The zero-order valence-electron chi connectivity index (χ0n) is 12.3. The molecule has 4 atom stereocenters. The van der Waals surface area contributed by atoms with E-state index in [-0.39, 0.29) is 11.3 Å². The number of rotatable bonds is 4. The number of nitrogens with zero attached hydrogens (tertiary/aromatic N) is 1. The van der Waals surface area contributed by atoms with Gasteiger partial charge in [-0.25, -0.2) is 0 Å². The predicted octanol–water partition coefficient (Wildman–Crippen LogP) is -1.13. The van der Waals surface area contributed by atoms with Crippen LogP contribution in [0.3, 0.4) is 0 Å². The summed E-state index contributed by atoms with van der Waals surface area (Å²) in [7, 11) is 0. The minimum Gasteiger partial charge on any atom is -0.548 e. The fourth-order valence-corrected chi connectivity index (χ4v) is 4.33. The van der Waals surface area contributed by atoms with E-state index in [1.54, 1.807) is 12.1 Å². The van der Waals surface area contributed by atoms with Gasteiger partial charge in [0.1, 0.15) is 11.4 Å². The van der Waals surface area contributed by atoms with Gasteiger partial charge in [0.05, 0.1) is 18.1 Å². The molecule has 0 saturated carbocycles. The van der Waals surface area contributed by atoms with E-state index in [0.717, 1.165) is 5.56 Å². The summed E-state index contributed by atoms with van der Waals surface area (Å²) in [6.07, 6.45) is -1.29. The highest BCUT2D eigenvalue weighted by Crippen LogP contribution is 2.48. The zero-order chi connectivity index (χ0) is 16.7. The van der Waals surface area contributed by atoms with Crippen molar-refractivity contribution in [2.75, 3.05) is 5.75 Å². The normalized spacial score (nSPS) is 24.8. The molecule has 1 saturated heterocycles. The molecule has 3 rings (SSSR count). The molecule has 0 radical (unpaired) electrons. The molecule has 2 aliphatic rings. The van der Waals surface area contributed by atoms with Crippen LogP contribution < -0.4 is 10.4 Å². The number of aliphatic carboxylic acids is 1. The molecule has 2 N–H and O–H groups in total. The van der Waals surface area contributed by atoms with Crippen LogP contribution in [0.4, 0.5) is 0 Å². The number of carbonyl (C=O) groups is 3. The Morgan fingerprint density at radius 1 is 1.43 bits per heavy atom.